The van der Waals surface area contributed by atoms with E-state index < -0.39 is 0 Å². The Morgan fingerprint density at radius 2 is 1.64 bits per heavy atom. The molecule has 2 aromatic rings. The van der Waals surface area contributed by atoms with Gasteiger partial charge in [-0.15, -0.1) is 0 Å². The van der Waals surface area contributed by atoms with E-state index in [1.165, 1.54) is 54.5 Å². The average Bonchev–Trinajstić information content (AvgIpc) is 2.92. The highest BCUT2D eigenvalue weighted by Crippen LogP contribution is 2.46. The van der Waals surface area contributed by atoms with Crippen molar-refractivity contribution in [2.45, 2.75) is 63.3 Å². The number of aryl methyl sites for hydroxylation is 1. The van der Waals surface area contributed by atoms with Gasteiger partial charge in [-0.05, 0) is 49.7 Å². The monoisotopic (exact) mass is 332 g/mol. The Bertz CT molecular complexity index is 835. The Hall–Kier alpha value is -2.16. The third-order valence-corrected chi connectivity index (χ3v) is 6.28. The van der Waals surface area contributed by atoms with Gasteiger partial charge in [0.05, 0.1) is 16.8 Å². The van der Waals surface area contributed by atoms with Crippen LogP contribution >= 0.6 is 0 Å². The van der Waals surface area contributed by atoms with Gasteiger partial charge in [0, 0.05) is 11.3 Å². The summed E-state index contributed by atoms with van der Waals surface area (Å²) in [7, 11) is 0. The maximum atomic E-state index is 13.1. The van der Waals surface area contributed by atoms with Crippen molar-refractivity contribution in [3.63, 3.8) is 0 Å². The summed E-state index contributed by atoms with van der Waals surface area (Å²) in [5.74, 6) is 0.0941. The highest BCUT2D eigenvalue weighted by molar-refractivity contribution is 6.06. The lowest BCUT2D eigenvalue weighted by atomic mass is 9.77. The summed E-state index contributed by atoms with van der Waals surface area (Å²) in [6.45, 7) is 0. The largest absolute Gasteiger partial charge is 0.341 e. The molecule has 1 aromatic heterocycles. The SMILES string of the molecule is O=C1NC2(CCCCC2)c2nc3c(c(-c4ccccc4)c21)CCCC3. The van der Waals surface area contributed by atoms with Crippen LogP contribution in [0, 0.1) is 0 Å². The Morgan fingerprint density at radius 1 is 0.880 bits per heavy atom. The standard InChI is InChI=1S/C22H24N2O/c25-21-19-18(15-9-3-1-4-10-15)16-11-5-6-12-17(16)23-20(19)22(24-21)13-7-2-8-14-22/h1,3-4,9-10H,2,5-8,11-14H2,(H,24,25). The third kappa shape index (κ3) is 2.25. The molecule has 1 spiro atoms. The van der Waals surface area contributed by atoms with Crippen molar-refractivity contribution in [2.75, 3.05) is 0 Å². The lowest BCUT2D eigenvalue weighted by Gasteiger charge is -2.34. The molecule has 1 aliphatic heterocycles. The van der Waals surface area contributed by atoms with Gasteiger partial charge in [-0.1, -0.05) is 49.6 Å². The van der Waals surface area contributed by atoms with Gasteiger partial charge in [-0.2, -0.15) is 0 Å². The van der Waals surface area contributed by atoms with Crippen LogP contribution in [0.5, 0.6) is 0 Å². The maximum Gasteiger partial charge on any atom is 0.254 e. The first-order chi connectivity index (χ1) is 12.3. The normalized spacial score (nSPS) is 20.9. The first-order valence-corrected chi connectivity index (χ1v) is 9.73. The number of carbonyl (C=O) groups excluding carboxylic acids is 1. The van der Waals surface area contributed by atoms with Crippen molar-refractivity contribution in [2.24, 2.45) is 0 Å². The van der Waals surface area contributed by atoms with Crippen molar-refractivity contribution in [1.82, 2.24) is 10.3 Å². The molecule has 0 atom stereocenters. The van der Waals surface area contributed by atoms with Gasteiger partial charge in [0.25, 0.3) is 5.91 Å². The molecule has 3 heteroatoms. The Morgan fingerprint density at radius 3 is 2.44 bits per heavy atom. The summed E-state index contributed by atoms with van der Waals surface area (Å²) in [6.07, 6.45) is 10.2. The molecule has 2 aliphatic carbocycles. The van der Waals surface area contributed by atoms with Gasteiger partial charge in [-0.3, -0.25) is 9.78 Å². The summed E-state index contributed by atoms with van der Waals surface area (Å²) < 4.78 is 0. The van der Waals surface area contributed by atoms with Gasteiger partial charge < -0.3 is 5.32 Å². The zero-order valence-corrected chi connectivity index (χ0v) is 14.6. The number of hydrogen-bond acceptors (Lipinski definition) is 2. The van der Waals surface area contributed by atoms with Crippen LogP contribution < -0.4 is 5.32 Å². The minimum Gasteiger partial charge on any atom is -0.341 e. The van der Waals surface area contributed by atoms with Crippen molar-refractivity contribution in [1.29, 1.82) is 0 Å². The summed E-state index contributed by atoms with van der Waals surface area (Å²) in [6, 6.07) is 10.5. The molecule has 0 bridgehead atoms. The van der Waals surface area contributed by atoms with E-state index in [4.69, 9.17) is 4.98 Å². The fourth-order valence-corrected chi connectivity index (χ4v) is 5.09. The van der Waals surface area contributed by atoms with E-state index in [-0.39, 0.29) is 11.4 Å². The second kappa shape index (κ2) is 5.69. The molecule has 1 saturated carbocycles. The van der Waals surface area contributed by atoms with Crippen LogP contribution in [0.3, 0.4) is 0 Å². The molecule has 2 heterocycles. The number of benzene rings is 1. The topological polar surface area (TPSA) is 42.0 Å². The first-order valence-electron chi connectivity index (χ1n) is 9.73. The molecule has 128 valence electrons. The predicted molar refractivity (Wildman–Crippen MR) is 98.5 cm³/mol. The molecule has 1 fully saturated rings. The number of carbonyl (C=O) groups is 1. The van der Waals surface area contributed by atoms with Crippen molar-refractivity contribution >= 4 is 5.91 Å². The molecular formula is C22H24N2O. The molecule has 1 N–H and O–H groups in total. The molecule has 3 nitrogen and oxygen atoms in total. The number of nitrogens with zero attached hydrogens (tertiary/aromatic N) is 1. The molecule has 5 rings (SSSR count). The lowest BCUT2D eigenvalue weighted by Crippen LogP contribution is -2.41. The van der Waals surface area contributed by atoms with Crippen molar-refractivity contribution < 1.29 is 4.79 Å². The average molecular weight is 332 g/mol. The second-order valence-electron chi connectivity index (χ2n) is 7.81. The minimum absolute atomic E-state index is 0.0941. The second-order valence-corrected chi connectivity index (χ2v) is 7.81. The van der Waals surface area contributed by atoms with Gasteiger partial charge in [-0.25, -0.2) is 0 Å². The van der Waals surface area contributed by atoms with Gasteiger partial charge in [0.1, 0.15) is 0 Å². The number of amides is 1. The summed E-state index contributed by atoms with van der Waals surface area (Å²) in [4.78, 5) is 18.2. The molecular weight excluding hydrogens is 308 g/mol. The van der Waals surface area contributed by atoms with Crippen LogP contribution in [0.15, 0.2) is 30.3 Å². The van der Waals surface area contributed by atoms with Crippen molar-refractivity contribution in [3.8, 4) is 11.1 Å². The Labute approximate surface area is 148 Å². The smallest absolute Gasteiger partial charge is 0.254 e. The van der Waals surface area contributed by atoms with Crippen molar-refractivity contribution in [3.05, 3.63) is 52.8 Å². The van der Waals surface area contributed by atoms with Crippen LogP contribution in [0.1, 0.15) is 72.3 Å². The summed E-state index contributed by atoms with van der Waals surface area (Å²) >= 11 is 0. The van der Waals surface area contributed by atoms with Crippen LogP contribution in [0.25, 0.3) is 11.1 Å². The molecule has 0 unspecified atom stereocenters. The first kappa shape index (κ1) is 15.1. The number of rotatable bonds is 1. The van der Waals surface area contributed by atoms with Crippen LogP contribution in [0.4, 0.5) is 0 Å². The quantitative estimate of drug-likeness (QED) is 0.833. The highest BCUT2D eigenvalue weighted by Gasteiger charge is 2.47. The zero-order chi connectivity index (χ0) is 16.9. The number of pyridine rings is 1. The van der Waals surface area contributed by atoms with Crippen LogP contribution in [0.2, 0.25) is 0 Å². The van der Waals surface area contributed by atoms with E-state index in [9.17, 15) is 4.79 Å². The number of aromatic nitrogens is 1. The number of nitrogens with one attached hydrogen (secondary N) is 1. The van der Waals surface area contributed by atoms with Gasteiger partial charge in [0.2, 0.25) is 0 Å². The molecule has 3 aliphatic rings. The van der Waals surface area contributed by atoms with E-state index >= 15 is 0 Å². The zero-order valence-electron chi connectivity index (χ0n) is 14.6. The van der Waals surface area contributed by atoms with Gasteiger partial charge >= 0.3 is 0 Å². The predicted octanol–water partition coefficient (Wildman–Crippen LogP) is 4.53. The molecule has 25 heavy (non-hydrogen) atoms. The number of hydrogen-bond donors (Lipinski definition) is 1. The van der Waals surface area contributed by atoms with E-state index in [2.05, 4.69) is 29.6 Å². The molecule has 0 saturated heterocycles. The van der Waals surface area contributed by atoms with E-state index in [0.717, 1.165) is 36.9 Å². The Balaban J connectivity index is 1.80. The van der Waals surface area contributed by atoms with Crippen LogP contribution in [-0.4, -0.2) is 10.9 Å². The minimum atomic E-state index is -0.208. The highest BCUT2D eigenvalue weighted by atomic mass is 16.2. The van der Waals surface area contributed by atoms with Crippen LogP contribution in [-0.2, 0) is 18.4 Å². The molecule has 1 aromatic carbocycles. The molecule has 1 amide bonds. The summed E-state index contributed by atoms with van der Waals surface area (Å²) in [5.41, 5.74) is 6.61. The van der Waals surface area contributed by atoms with E-state index in [1.54, 1.807) is 0 Å². The lowest BCUT2D eigenvalue weighted by molar-refractivity contribution is 0.0909. The van der Waals surface area contributed by atoms with E-state index in [1.807, 2.05) is 6.07 Å². The fraction of sp³-hybridized carbons (Fsp3) is 0.455. The summed E-state index contributed by atoms with van der Waals surface area (Å²) in [5, 5.41) is 3.37. The maximum absolute atomic E-state index is 13.1. The van der Waals surface area contributed by atoms with E-state index in [0.29, 0.717) is 0 Å². The Kier molecular flexibility index (Phi) is 3.44. The van der Waals surface area contributed by atoms with Gasteiger partial charge in [0.15, 0.2) is 0 Å². The number of fused-ring (bicyclic) bond motifs is 3. The third-order valence-electron chi connectivity index (χ3n) is 6.28. The molecule has 0 radical (unpaired) electrons. The fourth-order valence-electron chi connectivity index (χ4n) is 5.09.